The zero-order chi connectivity index (χ0) is 21.1. The quantitative estimate of drug-likeness (QED) is 0.474. The molecule has 0 aliphatic heterocycles. The Labute approximate surface area is 183 Å². The summed E-state index contributed by atoms with van der Waals surface area (Å²) in [7, 11) is 1.87. The number of thioether (sulfide) groups is 1. The Morgan fingerprint density at radius 1 is 1.33 bits per heavy atom. The Morgan fingerprint density at radius 2 is 2.17 bits per heavy atom. The standard InChI is InChI=1S/C21H22N6OS2/c1-13(29-21-26-25-18(27(21)2)14-7-6-10-23-12-14)19(28)24-20-16(11-22)15-8-4-3-5-9-17(15)30-20/h6-7,10,12-13H,3-5,8-9H2,1-2H3,(H,24,28)/t13-/m0/s1. The largest absolute Gasteiger partial charge is 0.316 e. The molecule has 0 unspecified atom stereocenters. The Balaban J connectivity index is 1.48. The highest BCUT2D eigenvalue weighted by molar-refractivity contribution is 8.00. The number of hydrogen-bond donors (Lipinski definition) is 1. The van der Waals surface area contributed by atoms with E-state index in [4.69, 9.17) is 0 Å². The van der Waals surface area contributed by atoms with Crippen LogP contribution in [0.1, 0.15) is 42.2 Å². The van der Waals surface area contributed by atoms with Crippen molar-refractivity contribution in [3.63, 3.8) is 0 Å². The number of nitrogens with one attached hydrogen (secondary N) is 1. The van der Waals surface area contributed by atoms with Crippen LogP contribution in [-0.4, -0.2) is 30.9 Å². The van der Waals surface area contributed by atoms with Gasteiger partial charge in [-0.25, -0.2) is 0 Å². The number of aryl methyl sites for hydroxylation is 1. The predicted octanol–water partition coefficient (Wildman–Crippen LogP) is 4.20. The van der Waals surface area contributed by atoms with Gasteiger partial charge in [-0.15, -0.1) is 21.5 Å². The lowest BCUT2D eigenvalue weighted by atomic mass is 10.1. The third-order valence-electron chi connectivity index (χ3n) is 5.18. The average molecular weight is 439 g/mol. The summed E-state index contributed by atoms with van der Waals surface area (Å²) < 4.78 is 1.86. The van der Waals surface area contributed by atoms with E-state index in [0.29, 0.717) is 21.5 Å². The Kier molecular flexibility index (Phi) is 6.16. The summed E-state index contributed by atoms with van der Waals surface area (Å²) in [5, 5.41) is 22.1. The van der Waals surface area contributed by atoms with Crippen molar-refractivity contribution < 1.29 is 4.79 Å². The van der Waals surface area contributed by atoms with Gasteiger partial charge in [0, 0.05) is 29.9 Å². The molecule has 1 aliphatic carbocycles. The highest BCUT2D eigenvalue weighted by Crippen LogP contribution is 2.37. The van der Waals surface area contributed by atoms with Gasteiger partial charge in [0.25, 0.3) is 0 Å². The molecule has 3 aromatic rings. The van der Waals surface area contributed by atoms with Crippen LogP contribution in [0.25, 0.3) is 11.4 Å². The predicted molar refractivity (Wildman–Crippen MR) is 118 cm³/mol. The first kappa shape index (κ1) is 20.6. The molecule has 0 saturated heterocycles. The number of nitriles is 1. The second-order valence-corrected chi connectivity index (χ2v) is 9.65. The summed E-state index contributed by atoms with van der Waals surface area (Å²) in [6, 6.07) is 6.08. The summed E-state index contributed by atoms with van der Waals surface area (Å²) in [5.41, 5.74) is 2.64. The molecular formula is C21H22N6OS2. The van der Waals surface area contributed by atoms with Crippen LogP contribution in [0.2, 0.25) is 0 Å². The van der Waals surface area contributed by atoms with E-state index in [2.05, 4.69) is 26.6 Å². The molecule has 7 nitrogen and oxygen atoms in total. The molecule has 1 N–H and O–H groups in total. The van der Waals surface area contributed by atoms with Crippen LogP contribution >= 0.6 is 23.1 Å². The number of amides is 1. The summed E-state index contributed by atoms with van der Waals surface area (Å²) in [4.78, 5) is 18.2. The van der Waals surface area contributed by atoms with Crippen molar-refractivity contribution in [1.82, 2.24) is 19.7 Å². The molecule has 1 aliphatic rings. The highest BCUT2D eigenvalue weighted by atomic mass is 32.2. The fraction of sp³-hybridized carbons (Fsp3) is 0.381. The molecule has 3 aromatic heterocycles. The van der Waals surface area contributed by atoms with E-state index in [1.54, 1.807) is 23.7 Å². The Bertz CT molecular complexity index is 1100. The number of hydrogen-bond acceptors (Lipinski definition) is 7. The van der Waals surface area contributed by atoms with Gasteiger partial charge in [0.05, 0.1) is 10.8 Å². The van der Waals surface area contributed by atoms with E-state index in [0.717, 1.165) is 36.8 Å². The number of thiophene rings is 1. The molecule has 30 heavy (non-hydrogen) atoms. The van der Waals surface area contributed by atoms with Gasteiger partial charge in [0.2, 0.25) is 5.91 Å². The van der Waals surface area contributed by atoms with Crippen molar-refractivity contribution in [1.29, 1.82) is 5.26 Å². The number of fused-ring (bicyclic) bond motifs is 1. The van der Waals surface area contributed by atoms with Crippen LogP contribution in [0.4, 0.5) is 5.00 Å². The number of rotatable bonds is 5. The lowest BCUT2D eigenvalue weighted by molar-refractivity contribution is -0.115. The van der Waals surface area contributed by atoms with Crippen molar-refractivity contribution >= 4 is 34.0 Å². The molecule has 4 rings (SSSR count). The second-order valence-electron chi connectivity index (χ2n) is 7.24. The number of aromatic nitrogens is 4. The molecule has 0 radical (unpaired) electrons. The fourth-order valence-corrected chi connectivity index (χ4v) is 5.60. The molecule has 3 heterocycles. The lowest BCUT2D eigenvalue weighted by Gasteiger charge is -2.11. The van der Waals surface area contributed by atoms with Crippen molar-refractivity contribution in [2.24, 2.45) is 7.05 Å². The van der Waals surface area contributed by atoms with Crippen LogP contribution in [0.15, 0.2) is 29.7 Å². The Morgan fingerprint density at radius 3 is 2.93 bits per heavy atom. The number of anilines is 1. The van der Waals surface area contributed by atoms with Gasteiger partial charge in [0.1, 0.15) is 11.1 Å². The van der Waals surface area contributed by atoms with E-state index in [-0.39, 0.29) is 11.2 Å². The van der Waals surface area contributed by atoms with Crippen LogP contribution in [0, 0.1) is 11.3 Å². The first-order valence-corrected chi connectivity index (χ1v) is 11.6. The SMILES string of the molecule is C[C@H](Sc1nnc(-c2cccnc2)n1C)C(=O)Nc1sc2c(c1C#N)CCCCC2. The normalized spacial score (nSPS) is 14.4. The maximum absolute atomic E-state index is 12.9. The third-order valence-corrected chi connectivity index (χ3v) is 7.52. The molecule has 1 amide bonds. The van der Waals surface area contributed by atoms with Crippen molar-refractivity contribution in [3.05, 3.63) is 40.5 Å². The van der Waals surface area contributed by atoms with E-state index in [1.807, 2.05) is 30.7 Å². The van der Waals surface area contributed by atoms with E-state index in [9.17, 15) is 10.1 Å². The maximum Gasteiger partial charge on any atom is 0.238 e. The molecule has 9 heteroatoms. The zero-order valence-electron chi connectivity index (χ0n) is 16.9. The molecule has 154 valence electrons. The van der Waals surface area contributed by atoms with Crippen molar-refractivity contribution in [2.45, 2.75) is 49.4 Å². The minimum Gasteiger partial charge on any atom is -0.316 e. The smallest absolute Gasteiger partial charge is 0.238 e. The van der Waals surface area contributed by atoms with Crippen molar-refractivity contribution in [2.75, 3.05) is 5.32 Å². The minimum absolute atomic E-state index is 0.140. The Hall–Kier alpha value is -2.70. The van der Waals surface area contributed by atoms with Gasteiger partial charge >= 0.3 is 0 Å². The lowest BCUT2D eigenvalue weighted by Crippen LogP contribution is -2.22. The molecule has 0 spiro atoms. The van der Waals surface area contributed by atoms with E-state index < -0.39 is 0 Å². The van der Waals surface area contributed by atoms with Gasteiger partial charge in [-0.05, 0) is 50.3 Å². The fourth-order valence-electron chi connectivity index (χ4n) is 3.54. The van der Waals surface area contributed by atoms with E-state index >= 15 is 0 Å². The van der Waals surface area contributed by atoms with Crippen LogP contribution in [0.3, 0.4) is 0 Å². The number of nitrogens with zero attached hydrogens (tertiary/aromatic N) is 5. The topological polar surface area (TPSA) is 96.5 Å². The number of carbonyl (C=O) groups is 1. The zero-order valence-corrected chi connectivity index (χ0v) is 18.5. The highest BCUT2D eigenvalue weighted by Gasteiger charge is 2.24. The summed E-state index contributed by atoms with van der Waals surface area (Å²) >= 11 is 2.90. The molecule has 0 bridgehead atoms. The van der Waals surface area contributed by atoms with Gasteiger partial charge in [0.15, 0.2) is 11.0 Å². The van der Waals surface area contributed by atoms with Gasteiger partial charge in [-0.1, -0.05) is 18.2 Å². The number of pyridine rings is 1. The third kappa shape index (κ3) is 4.11. The summed E-state index contributed by atoms with van der Waals surface area (Å²) in [5.74, 6) is 0.561. The van der Waals surface area contributed by atoms with Gasteiger partial charge in [-0.2, -0.15) is 5.26 Å². The summed E-state index contributed by atoms with van der Waals surface area (Å²) in [6.07, 6.45) is 8.80. The molecule has 0 fully saturated rings. The van der Waals surface area contributed by atoms with Gasteiger partial charge in [-0.3, -0.25) is 9.78 Å². The monoisotopic (exact) mass is 438 g/mol. The molecule has 1 atom stereocenters. The molecule has 0 saturated carbocycles. The minimum atomic E-state index is -0.386. The molecular weight excluding hydrogens is 416 g/mol. The van der Waals surface area contributed by atoms with Crippen LogP contribution < -0.4 is 5.32 Å². The summed E-state index contributed by atoms with van der Waals surface area (Å²) in [6.45, 7) is 1.84. The second kappa shape index (κ2) is 8.98. The van der Waals surface area contributed by atoms with Crippen LogP contribution in [0.5, 0.6) is 0 Å². The molecule has 0 aromatic carbocycles. The van der Waals surface area contributed by atoms with E-state index in [1.165, 1.54) is 23.1 Å². The van der Waals surface area contributed by atoms with Gasteiger partial charge < -0.3 is 9.88 Å². The van der Waals surface area contributed by atoms with Crippen molar-refractivity contribution in [3.8, 4) is 17.5 Å². The van der Waals surface area contributed by atoms with Crippen LogP contribution in [-0.2, 0) is 24.7 Å². The first-order valence-electron chi connectivity index (χ1n) is 9.90. The average Bonchev–Trinajstić information content (AvgIpc) is 3.18. The first-order chi connectivity index (χ1) is 14.6. The maximum atomic E-state index is 12.9. The number of carbonyl (C=O) groups excluding carboxylic acids is 1.